The summed E-state index contributed by atoms with van der Waals surface area (Å²) in [4.78, 5) is 22.7. The van der Waals surface area contributed by atoms with Crippen molar-refractivity contribution in [3.05, 3.63) is 53.0 Å². The number of benzene rings is 1. The van der Waals surface area contributed by atoms with Gasteiger partial charge in [0.1, 0.15) is 0 Å². The molecule has 0 saturated carbocycles. The van der Waals surface area contributed by atoms with Crippen LogP contribution in [0, 0.1) is 13.8 Å². The Morgan fingerprint density at radius 3 is 2.58 bits per heavy atom. The van der Waals surface area contributed by atoms with Crippen molar-refractivity contribution in [3.8, 4) is 0 Å². The maximum atomic E-state index is 12.9. The van der Waals surface area contributed by atoms with Gasteiger partial charge in [-0.15, -0.1) is 0 Å². The molecule has 0 bridgehead atoms. The number of aryl methyl sites for hydroxylation is 2. The molecule has 0 fully saturated rings. The molecule has 1 heterocycles. The minimum atomic E-state index is -4.50. The number of hydrogen-bond donors (Lipinski definition) is 0. The smallest absolute Gasteiger partial charge is 0.291 e. The zero-order valence-corrected chi connectivity index (χ0v) is 13.7. The molecule has 0 aliphatic rings. The molecule has 0 spiro atoms. The van der Waals surface area contributed by atoms with Crippen molar-refractivity contribution in [2.45, 2.75) is 33.4 Å². The van der Waals surface area contributed by atoms with Crippen molar-refractivity contribution >= 4 is 11.7 Å². The minimum absolute atomic E-state index is 0.0269. The van der Waals surface area contributed by atoms with E-state index < -0.39 is 17.6 Å². The number of carbonyl (C=O) groups excluding carboxylic acids is 1. The highest BCUT2D eigenvalue weighted by molar-refractivity contribution is 6.05. The number of alkyl halides is 3. The number of anilines is 1. The summed E-state index contributed by atoms with van der Waals surface area (Å²) in [5.41, 5.74) is 0.306. The van der Waals surface area contributed by atoms with Crippen molar-refractivity contribution in [1.82, 2.24) is 9.97 Å². The molecule has 0 unspecified atom stereocenters. The SMILES string of the molecule is CCCN(C(=O)c1cccc(C(F)(F)F)c1)c1nc(C)cnc1C. The van der Waals surface area contributed by atoms with Crippen molar-refractivity contribution in [2.75, 3.05) is 11.4 Å². The molecule has 2 aromatic rings. The minimum Gasteiger partial charge on any atom is -0.291 e. The molecule has 1 aromatic heterocycles. The van der Waals surface area contributed by atoms with Gasteiger partial charge in [-0.3, -0.25) is 14.7 Å². The predicted molar refractivity (Wildman–Crippen MR) is 84.9 cm³/mol. The molecule has 0 atom stereocenters. The van der Waals surface area contributed by atoms with Gasteiger partial charge in [-0.05, 0) is 38.5 Å². The van der Waals surface area contributed by atoms with Gasteiger partial charge >= 0.3 is 6.18 Å². The molecule has 0 N–H and O–H groups in total. The second-order valence-corrected chi connectivity index (χ2v) is 5.46. The number of halogens is 3. The van der Waals surface area contributed by atoms with Crippen LogP contribution in [-0.2, 0) is 6.18 Å². The van der Waals surface area contributed by atoms with E-state index in [-0.39, 0.29) is 5.56 Å². The molecular formula is C17H18F3N3O. The Hall–Kier alpha value is -2.44. The zero-order chi connectivity index (χ0) is 17.9. The first-order valence-corrected chi connectivity index (χ1v) is 7.53. The first-order valence-electron chi connectivity index (χ1n) is 7.53. The van der Waals surface area contributed by atoms with Crippen LogP contribution in [0.2, 0.25) is 0 Å². The van der Waals surface area contributed by atoms with E-state index in [9.17, 15) is 18.0 Å². The highest BCUT2D eigenvalue weighted by Gasteiger charge is 2.31. The number of aromatic nitrogens is 2. The Bertz CT molecular complexity index is 744. The highest BCUT2D eigenvalue weighted by atomic mass is 19.4. The molecule has 24 heavy (non-hydrogen) atoms. The van der Waals surface area contributed by atoms with Gasteiger partial charge in [0.2, 0.25) is 0 Å². The molecular weight excluding hydrogens is 319 g/mol. The van der Waals surface area contributed by atoms with Crippen LogP contribution in [0.5, 0.6) is 0 Å². The molecule has 7 heteroatoms. The van der Waals surface area contributed by atoms with Crippen LogP contribution >= 0.6 is 0 Å². The van der Waals surface area contributed by atoms with Gasteiger partial charge in [0.05, 0.1) is 17.0 Å². The standard InChI is InChI=1S/C17H18F3N3O/c1-4-8-23(15-12(3)21-10-11(2)22-15)16(24)13-6-5-7-14(9-13)17(18,19)20/h5-7,9-10H,4,8H2,1-3H3. The predicted octanol–water partition coefficient (Wildman–Crippen LogP) is 4.17. The second kappa shape index (κ2) is 6.98. The lowest BCUT2D eigenvalue weighted by atomic mass is 10.1. The van der Waals surface area contributed by atoms with Crippen molar-refractivity contribution < 1.29 is 18.0 Å². The van der Waals surface area contributed by atoms with E-state index in [1.54, 1.807) is 20.0 Å². The lowest BCUT2D eigenvalue weighted by Crippen LogP contribution is -2.33. The highest BCUT2D eigenvalue weighted by Crippen LogP contribution is 2.30. The monoisotopic (exact) mass is 337 g/mol. The van der Waals surface area contributed by atoms with Crippen LogP contribution in [0.25, 0.3) is 0 Å². The van der Waals surface area contributed by atoms with Crippen LogP contribution in [-0.4, -0.2) is 22.4 Å². The molecule has 0 saturated heterocycles. The maximum Gasteiger partial charge on any atom is 0.416 e. The molecule has 1 aromatic carbocycles. The first-order chi connectivity index (χ1) is 11.2. The van der Waals surface area contributed by atoms with Gasteiger partial charge in [0.25, 0.3) is 5.91 Å². The lowest BCUT2D eigenvalue weighted by molar-refractivity contribution is -0.137. The summed E-state index contributed by atoms with van der Waals surface area (Å²) in [6, 6.07) is 4.41. The number of amides is 1. The van der Waals surface area contributed by atoms with Crippen LogP contribution in [0.4, 0.5) is 19.0 Å². The Balaban J connectivity index is 2.45. The van der Waals surface area contributed by atoms with E-state index in [1.807, 2.05) is 6.92 Å². The summed E-state index contributed by atoms with van der Waals surface area (Å²) in [6.07, 6.45) is -2.28. The third kappa shape index (κ3) is 3.90. The van der Waals surface area contributed by atoms with Gasteiger partial charge in [0.15, 0.2) is 5.82 Å². The van der Waals surface area contributed by atoms with E-state index >= 15 is 0 Å². The molecule has 1 amide bonds. The zero-order valence-electron chi connectivity index (χ0n) is 13.7. The van der Waals surface area contributed by atoms with E-state index in [0.717, 1.165) is 12.1 Å². The first kappa shape index (κ1) is 17.9. The van der Waals surface area contributed by atoms with Crippen molar-refractivity contribution in [3.63, 3.8) is 0 Å². The van der Waals surface area contributed by atoms with Gasteiger partial charge in [-0.1, -0.05) is 13.0 Å². The lowest BCUT2D eigenvalue weighted by Gasteiger charge is -2.23. The molecule has 0 radical (unpaired) electrons. The average molecular weight is 337 g/mol. The molecule has 4 nitrogen and oxygen atoms in total. The summed E-state index contributed by atoms with van der Waals surface area (Å²) >= 11 is 0. The Labute approximate surface area is 138 Å². The van der Waals surface area contributed by atoms with Crippen LogP contribution in [0.3, 0.4) is 0 Å². The Morgan fingerprint density at radius 2 is 1.96 bits per heavy atom. The third-order valence-electron chi connectivity index (χ3n) is 3.44. The number of hydrogen-bond acceptors (Lipinski definition) is 3. The van der Waals surface area contributed by atoms with E-state index in [4.69, 9.17) is 0 Å². The summed E-state index contributed by atoms with van der Waals surface area (Å²) in [6.45, 7) is 5.68. The topological polar surface area (TPSA) is 46.1 Å². The van der Waals surface area contributed by atoms with Crippen molar-refractivity contribution in [2.24, 2.45) is 0 Å². The summed E-state index contributed by atoms with van der Waals surface area (Å²) in [7, 11) is 0. The van der Waals surface area contributed by atoms with Crippen molar-refractivity contribution in [1.29, 1.82) is 0 Å². The number of carbonyl (C=O) groups is 1. The van der Waals surface area contributed by atoms with Gasteiger partial charge in [0, 0.05) is 18.3 Å². The summed E-state index contributed by atoms with van der Waals surface area (Å²) in [5.74, 6) is -0.148. The molecule has 128 valence electrons. The van der Waals surface area contributed by atoms with Gasteiger partial charge < -0.3 is 0 Å². The number of rotatable bonds is 4. The average Bonchev–Trinajstić information content (AvgIpc) is 2.54. The van der Waals surface area contributed by atoms with Crippen LogP contribution in [0.15, 0.2) is 30.5 Å². The fraction of sp³-hybridized carbons (Fsp3) is 0.353. The Kier molecular flexibility index (Phi) is 5.21. The summed E-state index contributed by atoms with van der Waals surface area (Å²) < 4.78 is 38.6. The molecule has 0 aliphatic heterocycles. The quantitative estimate of drug-likeness (QED) is 0.841. The van der Waals surface area contributed by atoms with Gasteiger partial charge in [-0.25, -0.2) is 4.98 Å². The second-order valence-electron chi connectivity index (χ2n) is 5.46. The largest absolute Gasteiger partial charge is 0.416 e. The van der Waals surface area contributed by atoms with E-state index in [0.29, 0.717) is 30.2 Å². The van der Waals surface area contributed by atoms with Crippen LogP contribution < -0.4 is 4.90 Å². The Morgan fingerprint density at radius 1 is 1.25 bits per heavy atom. The molecule has 2 rings (SSSR count). The third-order valence-corrected chi connectivity index (χ3v) is 3.44. The van der Waals surface area contributed by atoms with Crippen LogP contribution in [0.1, 0.15) is 40.7 Å². The maximum absolute atomic E-state index is 12.9. The van der Waals surface area contributed by atoms with Gasteiger partial charge in [-0.2, -0.15) is 13.2 Å². The van der Waals surface area contributed by atoms with E-state index in [2.05, 4.69) is 9.97 Å². The fourth-order valence-corrected chi connectivity index (χ4v) is 2.29. The normalized spacial score (nSPS) is 11.4. The number of nitrogens with zero attached hydrogens (tertiary/aromatic N) is 3. The fourth-order valence-electron chi connectivity index (χ4n) is 2.29. The van der Waals surface area contributed by atoms with E-state index in [1.165, 1.54) is 17.0 Å². The molecule has 0 aliphatic carbocycles. The summed E-state index contributed by atoms with van der Waals surface area (Å²) in [5, 5.41) is 0.